The van der Waals surface area contributed by atoms with Crippen LogP contribution in [0.1, 0.15) is 18.1 Å². The second-order valence-electron chi connectivity index (χ2n) is 3.33. The predicted molar refractivity (Wildman–Crippen MR) is 66.6 cm³/mol. The lowest BCUT2D eigenvalue weighted by molar-refractivity contribution is -0.118. The Morgan fingerprint density at radius 2 is 2.00 bits per heavy atom. The number of benzene rings is 1. The van der Waals surface area contributed by atoms with E-state index < -0.39 is 0 Å². The van der Waals surface area contributed by atoms with E-state index in [4.69, 9.17) is 17.0 Å². The molecule has 1 aromatic rings. The molecule has 0 bridgehead atoms. The van der Waals surface area contributed by atoms with Crippen LogP contribution in [0.4, 0.5) is 0 Å². The van der Waals surface area contributed by atoms with Gasteiger partial charge in [0.25, 0.3) is 0 Å². The van der Waals surface area contributed by atoms with E-state index in [1.165, 1.54) is 0 Å². The third-order valence-corrected chi connectivity index (χ3v) is 2.19. The first-order chi connectivity index (χ1) is 8.10. The summed E-state index contributed by atoms with van der Waals surface area (Å²) in [5, 5.41) is 8.46. The summed E-state index contributed by atoms with van der Waals surface area (Å²) in [6, 6.07) is 7.48. The molecule has 1 aliphatic heterocycles. The van der Waals surface area contributed by atoms with E-state index in [1.807, 2.05) is 24.3 Å². The summed E-state index contributed by atoms with van der Waals surface area (Å²) in [5.74, 6) is 5.65. The van der Waals surface area contributed by atoms with Crippen LogP contribution < -0.4 is 11.6 Å². The van der Waals surface area contributed by atoms with Crippen molar-refractivity contribution in [2.45, 2.75) is 6.92 Å². The quantitative estimate of drug-likeness (QED) is 0.291. The molecule has 0 saturated heterocycles. The molecule has 1 heterocycles. The zero-order valence-electron chi connectivity index (χ0n) is 9.55. The maximum Gasteiger partial charge on any atom is 0.223 e. The van der Waals surface area contributed by atoms with E-state index in [1.54, 1.807) is 6.92 Å². The number of rotatable bonds is 2. The summed E-state index contributed by atoms with van der Waals surface area (Å²) in [5.41, 5.74) is 7.24. The van der Waals surface area contributed by atoms with E-state index in [2.05, 4.69) is 4.99 Å². The predicted octanol–water partition coefficient (Wildman–Crippen LogP) is 0.0693. The lowest BCUT2D eigenvalue weighted by Gasteiger charge is -2.01. The maximum atomic E-state index is 9.54. The van der Waals surface area contributed by atoms with Gasteiger partial charge in [0.15, 0.2) is 5.84 Å². The minimum absolute atomic E-state index is 0.262. The molecule has 6 heteroatoms. The first-order valence-electron chi connectivity index (χ1n) is 5.09. The number of fused-ring (bicyclic) bond motifs is 1. The largest absolute Gasteiger partial charge is 0.383 e. The van der Waals surface area contributed by atoms with Gasteiger partial charge in [-0.1, -0.05) is 24.3 Å². The van der Waals surface area contributed by atoms with Gasteiger partial charge >= 0.3 is 0 Å². The molecule has 0 spiro atoms. The van der Waals surface area contributed by atoms with Crippen molar-refractivity contribution in [1.82, 2.24) is 5.01 Å². The van der Waals surface area contributed by atoms with Crippen LogP contribution in [-0.2, 0) is 4.79 Å². The molecule has 0 aromatic heterocycles. The highest BCUT2D eigenvalue weighted by Crippen LogP contribution is 2.15. The van der Waals surface area contributed by atoms with E-state index in [0.29, 0.717) is 18.8 Å². The van der Waals surface area contributed by atoms with Crippen LogP contribution in [-0.4, -0.2) is 29.6 Å². The monoisotopic (exact) mass is 233 g/mol. The van der Waals surface area contributed by atoms with Gasteiger partial charge in [0, 0.05) is 17.7 Å². The van der Waals surface area contributed by atoms with Crippen molar-refractivity contribution in [3.8, 4) is 0 Å². The third kappa shape index (κ3) is 3.12. The van der Waals surface area contributed by atoms with E-state index >= 15 is 0 Å². The maximum absolute atomic E-state index is 9.54. The van der Waals surface area contributed by atoms with Gasteiger partial charge in [-0.05, 0) is 6.92 Å². The Labute approximate surface area is 99.4 Å². The molecule has 0 fully saturated rings. The number of aliphatic imine (C=N–C) groups is 1. The van der Waals surface area contributed by atoms with Crippen molar-refractivity contribution in [2.24, 2.45) is 16.6 Å². The lowest BCUT2D eigenvalue weighted by atomic mass is 10.1. The third-order valence-electron chi connectivity index (χ3n) is 2.19. The summed E-state index contributed by atoms with van der Waals surface area (Å²) in [7, 11) is 0. The molecule has 0 aliphatic carbocycles. The van der Waals surface area contributed by atoms with Crippen molar-refractivity contribution >= 4 is 18.1 Å². The van der Waals surface area contributed by atoms with Gasteiger partial charge in [-0.2, -0.15) is 0 Å². The minimum Gasteiger partial charge on any atom is -0.383 e. The second-order valence-corrected chi connectivity index (χ2v) is 3.33. The van der Waals surface area contributed by atoms with Crippen LogP contribution in [0.25, 0.3) is 0 Å². The molecule has 5 N–H and O–H groups in total. The molecule has 6 nitrogen and oxygen atoms in total. The molecular formula is C11H15N5O. The Bertz CT molecular complexity index is 455. The number of nitrogens with one attached hydrogen (secondary N) is 1. The van der Waals surface area contributed by atoms with Gasteiger partial charge in [-0.15, -0.1) is 0 Å². The van der Waals surface area contributed by atoms with Gasteiger partial charge in [0.2, 0.25) is 6.41 Å². The first-order valence-corrected chi connectivity index (χ1v) is 5.09. The Morgan fingerprint density at radius 1 is 1.41 bits per heavy atom. The van der Waals surface area contributed by atoms with Gasteiger partial charge in [0.1, 0.15) is 5.84 Å². The van der Waals surface area contributed by atoms with Gasteiger partial charge in [0.05, 0.1) is 0 Å². The van der Waals surface area contributed by atoms with Crippen molar-refractivity contribution in [2.75, 3.05) is 6.54 Å². The zero-order valence-corrected chi connectivity index (χ0v) is 9.55. The number of nitrogens with zero attached hydrogens (tertiary/aromatic N) is 2. The molecule has 17 heavy (non-hydrogen) atoms. The molecule has 0 atom stereocenters. The van der Waals surface area contributed by atoms with Crippen molar-refractivity contribution < 1.29 is 4.79 Å². The summed E-state index contributed by atoms with van der Waals surface area (Å²) >= 11 is 0. The highest BCUT2D eigenvalue weighted by Gasteiger charge is 2.16. The van der Waals surface area contributed by atoms with Gasteiger partial charge in [-0.3, -0.25) is 15.2 Å². The van der Waals surface area contributed by atoms with Crippen molar-refractivity contribution in [3.05, 3.63) is 35.4 Å². The molecular weight excluding hydrogens is 218 g/mol. The lowest BCUT2D eigenvalue weighted by Crippen LogP contribution is -2.28. The Morgan fingerprint density at radius 3 is 2.41 bits per heavy atom. The number of hydrogen-bond acceptors (Lipinski definition) is 4. The fraction of sp³-hybridized carbons (Fsp3) is 0.182. The molecule has 1 aliphatic rings. The van der Waals surface area contributed by atoms with Crippen LogP contribution in [0.5, 0.6) is 0 Å². The number of carbonyl (C=O) groups is 1. The van der Waals surface area contributed by atoms with Gasteiger partial charge < -0.3 is 5.73 Å². The topological polar surface area (TPSA) is 109 Å². The van der Waals surface area contributed by atoms with Crippen LogP contribution in [0, 0.1) is 5.41 Å². The summed E-state index contributed by atoms with van der Waals surface area (Å²) < 4.78 is 0. The molecule has 90 valence electrons. The number of amides is 1. The average molecular weight is 233 g/mol. The van der Waals surface area contributed by atoms with Crippen LogP contribution >= 0.6 is 0 Å². The standard InChI is InChI=1S/C8H7N3.C3H8N2O/c9-7-5-3-1-2-4-6(5)8(10)11-7;1-2-5(4)3-6/h1-4H,(H3,9,10,11);3H,2,4H2,1H3. The molecule has 1 aromatic carbocycles. The van der Waals surface area contributed by atoms with Crippen molar-refractivity contribution in [1.29, 1.82) is 5.41 Å². The number of amidine groups is 2. The SMILES string of the molecule is CCN(N)C=O.N=C1N=C(N)c2ccccc21. The van der Waals surface area contributed by atoms with Crippen LogP contribution in [0.15, 0.2) is 29.3 Å². The number of hydrogen-bond donors (Lipinski definition) is 3. The first kappa shape index (κ1) is 12.9. The van der Waals surface area contributed by atoms with E-state index in [9.17, 15) is 4.79 Å². The van der Waals surface area contributed by atoms with E-state index in [-0.39, 0.29) is 5.84 Å². The number of nitrogens with two attached hydrogens (primary N) is 2. The molecule has 2 rings (SSSR count). The molecule has 0 radical (unpaired) electrons. The smallest absolute Gasteiger partial charge is 0.223 e. The highest BCUT2D eigenvalue weighted by atomic mass is 16.1. The Balaban J connectivity index is 0.000000209. The summed E-state index contributed by atoms with van der Waals surface area (Å²) in [6.45, 7) is 2.37. The Hall–Kier alpha value is -2.21. The minimum atomic E-state index is 0.262. The summed E-state index contributed by atoms with van der Waals surface area (Å²) in [6.07, 6.45) is 0.583. The van der Waals surface area contributed by atoms with Crippen LogP contribution in [0.3, 0.4) is 0 Å². The Kier molecular flexibility index (Phi) is 4.36. The average Bonchev–Trinajstić information content (AvgIpc) is 2.66. The van der Waals surface area contributed by atoms with Gasteiger partial charge in [-0.25, -0.2) is 10.8 Å². The number of carbonyl (C=O) groups excluding carboxylic acids is 1. The highest BCUT2D eigenvalue weighted by molar-refractivity contribution is 6.20. The van der Waals surface area contributed by atoms with Crippen molar-refractivity contribution in [3.63, 3.8) is 0 Å². The summed E-state index contributed by atoms with van der Waals surface area (Å²) in [4.78, 5) is 13.4. The van der Waals surface area contributed by atoms with Crippen LogP contribution in [0.2, 0.25) is 0 Å². The zero-order chi connectivity index (χ0) is 12.8. The fourth-order valence-electron chi connectivity index (χ4n) is 1.23. The normalized spacial score (nSPS) is 12.1. The van der Waals surface area contributed by atoms with E-state index in [0.717, 1.165) is 16.1 Å². The fourth-order valence-corrected chi connectivity index (χ4v) is 1.23. The molecule has 0 saturated carbocycles. The second kappa shape index (κ2) is 5.76. The molecule has 0 unspecified atom stereocenters. The molecule has 1 amide bonds. The number of hydrazine groups is 1.